The summed E-state index contributed by atoms with van der Waals surface area (Å²) in [5.74, 6) is 1.01. The van der Waals surface area contributed by atoms with Gasteiger partial charge in [-0.25, -0.2) is 0 Å². The number of ether oxygens (including phenoxy) is 1. The Labute approximate surface area is 102 Å². The maximum Gasteiger partial charge on any atom is 0.126 e. The highest BCUT2D eigenvalue weighted by molar-refractivity contribution is 5.74. The first kappa shape index (κ1) is 10.8. The van der Waals surface area contributed by atoms with Gasteiger partial charge in [0.1, 0.15) is 18.0 Å². The van der Waals surface area contributed by atoms with Crippen LogP contribution in [-0.4, -0.2) is 11.7 Å². The lowest BCUT2D eigenvalue weighted by Gasteiger charge is -2.37. The molecule has 1 aromatic rings. The Morgan fingerprint density at radius 2 is 2.00 bits per heavy atom. The van der Waals surface area contributed by atoms with E-state index in [1.807, 2.05) is 6.92 Å². The largest absolute Gasteiger partial charge is 0.490 e. The van der Waals surface area contributed by atoms with Crippen LogP contribution in [0.15, 0.2) is 17.7 Å². The van der Waals surface area contributed by atoms with Crippen molar-refractivity contribution < 1.29 is 9.84 Å². The molecule has 1 aliphatic heterocycles. The van der Waals surface area contributed by atoms with E-state index in [1.165, 1.54) is 16.7 Å². The molecule has 0 bridgehead atoms. The van der Waals surface area contributed by atoms with Crippen LogP contribution in [0.25, 0.3) is 5.76 Å². The third-order valence-electron chi connectivity index (χ3n) is 3.99. The van der Waals surface area contributed by atoms with Gasteiger partial charge in [0, 0.05) is 5.56 Å². The van der Waals surface area contributed by atoms with E-state index in [-0.39, 0.29) is 0 Å². The standard InChI is InChI=1S/C15H18O2/c1-9-5-7-12-13-11(9)6-4-10(2)14(13)17-8-15(12,3)16/h5,7,16H,4,6,8H2,1-3H3. The van der Waals surface area contributed by atoms with Crippen LogP contribution >= 0.6 is 0 Å². The molecule has 2 nitrogen and oxygen atoms in total. The summed E-state index contributed by atoms with van der Waals surface area (Å²) in [7, 11) is 0. The van der Waals surface area contributed by atoms with Crippen LogP contribution in [0.2, 0.25) is 0 Å². The van der Waals surface area contributed by atoms with Crippen molar-refractivity contribution in [1.82, 2.24) is 0 Å². The molecular formula is C15H18O2. The molecular weight excluding hydrogens is 212 g/mol. The molecule has 0 saturated carbocycles. The fourth-order valence-electron chi connectivity index (χ4n) is 2.91. The molecule has 1 aromatic carbocycles. The topological polar surface area (TPSA) is 29.5 Å². The minimum atomic E-state index is -0.862. The monoisotopic (exact) mass is 230 g/mol. The Morgan fingerprint density at radius 1 is 1.24 bits per heavy atom. The molecule has 1 unspecified atom stereocenters. The third-order valence-corrected chi connectivity index (χ3v) is 3.99. The summed E-state index contributed by atoms with van der Waals surface area (Å²) >= 11 is 0. The summed E-state index contributed by atoms with van der Waals surface area (Å²) in [6, 6.07) is 4.17. The van der Waals surface area contributed by atoms with Gasteiger partial charge in [-0.1, -0.05) is 12.1 Å². The Bertz CT molecular complexity index is 524. The van der Waals surface area contributed by atoms with Gasteiger partial charge in [-0.3, -0.25) is 0 Å². The molecule has 2 aliphatic rings. The molecule has 0 saturated heterocycles. The zero-order chi connectivity index (χ0) is 12.2. The second-order valence-corrected chi connectivity index (χ2v) is 5.46. The van der Waals surface area contributed by atoms with Gasteiger partial charge < -0.3 is 9.84 Å². The Morgan fingerprint density at radius 3 is 2.76 bits per heavy atom. The number of benzene rings is 1. The van der Waals surface area contributed by atoms with Crippen LogP contribution in [-0.2, 0) is 16.8 Å². The zero-order valence-corrected chi connectivity index (χ0v) is 10.6. The van der Waals surface area contributed by atoms with E-state index >= 15 is 0 Å². The van der Waals surface area contributed by atoms with E-state index in [9.17, 15) is 5.11 Å². The fraction of sp³-hybridized carbons (Fsp3) is 0.467. The highest BCUT2D eigenvalue weighted by Crippen LogP contribution is 2.43. The molecule has 3 rings (SSSR count). The average molecular weight is 230 g/mol. The van der Waals surface area contributed by atoms with Gasteiger partial charge >= 0.3 is 0 Å². The van der Waals surface area contributed by atoms with Crippen LogP contribution in [0, 0.1) is 6.92 Å². The van der Waals surface area contributed by atoms with Gasteiger partial charge in [-0.05, 0) is 55.9 Å². The second kappa shape index (κ2) is 3.36. The molecule has 0 spiro atoms. The molecule has 1 aliphatic carbocycles. The Balaban J connectivity index is 2.35. The van der Waals surface area contributed by atoms with Crippen LogP contribution in [0.1, 0.15) is 42.5 Å². The number of allylic oxidation sites excluding steroid dienone is 1. The molecule has 17 heavy (non-hydrogen) atoms. The van der Waals surface area contributed by atoms with Crippen molar-refractivity contribution >= 4 is 5.76 Å². The molecule has 90 valence electrons. The van der Waals surface area contributed by atoms with Crippen LogP contribution in [0.4, 0.5) is 0 Å². The van der Waals surface area contributed by atoms with Crippen molar-refractivity contribution in [1.29, 1.82) is 0 Å². The van der Waals surface area contributed by atoms with Gasteiger partial charge in [-0.15, -0.1) is 0 Å². The summed E-state index contributed by atoms with van der Waals surface area (Å²) in [6.07, 6.45) is 2.12. The van der Waals surface area contributed by atoms with Crippen molar-refractivity contribution in [2.24, 2.45) is 0 Å². The van der Waals surface area contributed by atoms with Crippen LogP contribution < -0.4 is 0 Å². The summed E-state index contributed by atoms with van der Waals surface area (Å²) in [6.45, 7) is 6.45. The predicted octanol–water partition coefficient (Wildman–Crippen LogP) is 2.91. The first-order chi connectivity index (χ1) is 8.00. The quantitative estimate of drug-likeness (QED) is 0.742. The lowest BCUT2D eigenvalue weighted by Crippen LogP contribution is -2.34. The predicted molar refractivity (Wildman–Crippen MR) is 67.6 cm³/mol. The first-order valence-corrected chi connectivity index (χ1v) is 6.19. The molecule has 0 aromatic heterocycles. The van der Waals surface area contributed by atoms with Crippen molar-refractivity contribution in [3.8, 4) is 0 Å². The molecule has 0 amide bonds. The molecule has 0 fully saturated rings. The number of aliphatic hydroxyl groups is 1. The zero-order valence-electron chi connectivity index (χ0n) is 10.6. The molecule has 1 heterocycles. The molecule has 1 N–H and O–H groups in total. The van der Waals surface area contributed by atoms with Gasteiger partial charge in [0.05, 0.1) is 0 Å². The fourth-order valence-corrected chi connectivity index (χ4v) is 2.91. The summed E-state index contributed by atoms with van der Waals surface area (Å²) in [4.78, 5) is 0. The van der Waals surface area contributed by atoms with E-state index < -0.39 is 5.60 Å². The van der Waals surface area contributed by atoms with E-state index in [0.29, 0.717) is 6.61 Å². The summed E-state index contributed by atoms with van der Waals surface area (Å²) < 4.78 is 5.80. The smallest absolute Gasteiger partial charge is 0.126 e. The lowest BCUT2D eigenvalue weighted by atomic mass is 9.79. The minimum absolute atomic E-state index is 0.356. The number of aryl methyl sites for hydroxylation is 1. The van der Waals surface area contributed by atoms with E-state index in [1.54, 1.807) is 0 Å². The van der Waals surface area contributed by atoms with Crippen molar-refractivity contribution in [2.75, 3.05) is 6.61 Å². The van der Waals surface area contributed by atoms with E-state index in [4.69, 9.17) is 4.74 Å². The highest BCUT2D eigenvalue weighted by Gasteiger charge is 2.37. The Kier molecular flexibility index (Phi) is 2.14. The normalized spacial score (nSPS) is 26.6. The summed E-state index contributed by atoms with van der Waals surface area (Å²) in [5.41, 5.74) is 5.28. The maximum absolute atomic E-state index is 10.4. The minimum Gasteiger partial charge on any atom is -0.490 e. The average Bonchev–Trinajstić information content (AvgIpc) is 2.27. The first-order valence-electron chi connectivity index (χ1n) is 6.19. The SMILES string of the molecule is CC1=C2OCC(C)(O)c3ccc(C)c(c32)CC1. The highest BCUT2D eigenvalue weighted by atomic mass is 16.5. The number of rotatable bonds is 0. The molecule has 1 atom stereocenters. The number of hydrogen-bond acceptors (Lipinski definition) is 2. The molecule has 2 heteroatoms. The second-order valence-electron chi connectivity index (χ2n) is 5.46. The van der Waals surface area contributed by atoms with E-state index in [0.717, 1.165) is 29.7 Å². The number of hydrogen-bond donors (Lipinski definition) is 1. The third kappa shape index (κ3) is 1.44. The van der Waals surface area contributed by atoms with Crippen molar-refractivity contribution in [3.05, 3.63) is 40.0 Å². The molecule has 0 radical (unpaired) electrons. The van der Waals surface area contributed by atoms with Gasteiger partial charge in [0.2, 0.25) is 0 Å². The Hall–Kier alpha value is -1.28. The maximum atomic E-state index is 10.4. The van der Waals surface area contributed by atoms with Gasteiger partial charge in [0.15, 0.2) is 0 Å². The lowest BCUT2D eigenvalue weighted by molar-refractivity contribution is -0.0118. The van der Waals surface area contributed by atoms with E-state index in [2.05, 4.69) is 26.0 Å². The van der Waals surface area contributed by atoms with Crippen LogP contribution in [0.5, 0.6) is 0 Å². The summed E-state index contributed by atoms with van der Waals surface area (Å²) in [5, 5.41) is 10.4. The van der Waals surface area contributed by atoms with Crippen molar-refractivity contribution in [2.45, 2.75) is 39.2 Å². The van der Waals surface area contributed by atoms with Gasteiger partial charge in [-0.2, -0.15) is 0 Å². The van der Waals surface area contributed by atoms with Crippen LogP contribution in [0.3, 0.4) is 0 Å². The van der Waals surface area contributed by atoms with Gasteiger partial charge in [0.25, 0.3) is 0 Å². The van der Waals surface area contributed by atoms with Crippen molar-refractivity contribution in [3.63, 3.8) is 0 Å².